The molecule has 0 aliphatic carbocycles. The molecule has 0 bridgehead atoms. The summed E-state index contributed by atoms with van der Waals surface area (Å²) in [5, 5.41) is 0. The van der Waals surface area contributed by atoms with Gasteiger partial charge in [-0.3, -0.25) is 18.6 Å². The molecule has 0 aliphatic heterocycles. The lowest BCUT2D eigenvalue weighted by molar-refractivity contribution is -0.161. The van der Waals surface area contributed by atoms with Crippen LogP contribution in [0.1, 0.15) is 181 Å². The Labute approximate surface area is 276 Å². The summed E-state index contributed by atoms with van der Waals surface area (Å²) in [6, 6.07) is 0. The molecule has 0 aromatic heterocycles. The molecule has 3 N–H and O–H groups in total. The first-order valence-corrected chi connectivity index (χ1v) is 20.0. The number of nitrogens with two attached hydrogens (primary N) is 1. The number of ether oxygens (including phenoxy) is 2. The summed E-state index contributed by atoms with van der Waals surface area (Å²) in [5.74, 6) is -0.822. The van der Waals surface area contributed by atoms with Gasteiger partial charge in [0.25, 0.3) is 0 Å². The molecule has 10 heteroatoms. The van der Waals surface area contributed by atoms with Gasteiger partial charge in [0.1, 0.15) is 6.61 Å². The second-order valence-corrected chi connectivity index (χ2v) is 13.9. The van der Waals surface area contributed by atoms with Crippen molar-refractivity contribution in [1.82, 2.24) is 0 Å². The first-order chi connectivity index (χ1) is 21.8. The summed E-state index contributed by atoms with van der Waals surface area (Å²) in [6.45, 7) is 3.72. The quantitative estimate of drug-likeness (QED) is 0.0386. The van der Waals surface area contributed by atoms with E-state index in [1.807, 2.05) is 0 Å². The number of carbonyl (C=O) groups excluding carboxylic acids is 2. The van der Waals surface area contributed by atoms with Gasteiger partial charge in [0, 0.05) is 19.4 Å². The van der Waals surface area contributed by atoms with Crippen LogP contribution in [0.25, 0.3) is 0 Å². The lowest BCUT2D eigenvalue weighted by Gasteiger charge is -2.19. The number of phosphoric ester groups is 1. The predicted molar refractivity (Wildman–Crippen MR) is 183 cm³/mol. The molecule has 0 aromatic rings. The van der Waals surface area contributed by atoms with Crippen molar-refractivity contribution < 1.29 is 37.6 Å². The number of esters is 2. The lowest BCUT2D eigenvalue weighted by Crippen LogP contribution is -2.29. The summed E-state index contributed by atoms with van der Waals surface area (Å²) in [6.07, 6.45) is 28.5. The SMILES string of the molecule is CCCCCCCCCCCCCCCCCC(=O)OC(COC(=O)CCCCCCCCCCC)COP(=O)(O)OCCN. The Morgan fingerprint density at radius 1 is 0.578 bits per heavy atom. The first kappa shape index (κ1) is 44.0. The van der Waals surface area contributed by atoms with Crippen LogP contribution in [0.2, 0.25) is 0 Å². The van der Waals surface area contributed by atoms with Crippen molar-refractivity contribution in [1.29, 1.82) is 0 Å². The molecule has 0 fully saturated rings. The van der Waals surface area contributed by atoms with Gasteiger partial charge in [-0.25, -0.2) is 4.57 Å². The standard InChI is InChI=1S/C35H70NO8P/c1-3-5-7-9-11-13-14-15-16-17-18-20-22-24-26-28-35(38)44-33(32-43-45(39,40)42-30-29-36)31-41-34(37)27-25-23-21-19-12-10-8-6-4-2/h33H,3-32,36H2,1-2H3,(H,39,40). The average Bonchev–Trinajstić information content (AvgIpc) is 3.02. The molecule has 0 saturated heterocycles. The molecule has 0 radical (unpaired) electrons. The van der Waals surface area contributed by atoms with E-state index in [9.17, 15) is 19.0 Å². The van der Waals surface area contributed by atoms with E-state index in [2.05, 4.69) is 13.8 Å². The Kier molecular flexibility index (Phi) is 32.2. The summed E-state index contributed by atoms with van der Waals surface area (Å²) in [4.78, 5) is 34.6. The van der Waals surface area contributed by atoms with E-state index in [1.165, 1.54) is 116 Å². The maximum absolute atomic E-state index is 12.5. The molecule has 2 atom stereocenters. The average molecular weight is 664 g/mol. The zero-order valence-electron chi connectivity index (χ0n) is 29.1. The van der Waals surface area contributed by atoms with Crippen LogP contribution in [0.3, 0.4) is 0 Å². The van der Waals surface area contributed by atoms with Crippen molar-refractivity contribution >= 4 is 19.8 Å². The molecule has 0 aromatic carbocycles. The highest BCUT2D eigenvalue weighted by Gasteiger charge is 2.25. The number of carbonyl (C=O) groups is 2. The summed E-state index contributed by atoms with van der Waals surface area (Å²) in [5.41, 5.74) is 5.32. The number of unbranched alkanes of at least 4 members (excludes halogenated alkanes) is 22. The second kappa shape index (κ2) is 32.9. The fourth-order valence-electron chi connectivity index (χ4n) is 5.22. The Morgan fingerprint density at radius 2 is 0.956 bits per heavy atom. The van der Waals surface area contributed by atoms with Crippen LogP contribution >= 0.6 is 7.82 Å². The van der Waals surface area contributed by atoms with E-state index in [-0.39, 0.29) is 38.6 Å². The molecule has 0 rings (SSSR count). The van der Waals surface area contributed by atoms with E-state index >= 15 is 0 Å². The number of rotatable bonds is 35. The molecular weight excluding hydrogens is 593 g/mol. The zero-order valence-corrected chi connectivity index (χ0v) is 30.0. The minimum atomic E-state index is -4.36. The van der Waals surface area contributed by atoms with Gasteiger partial charge in [-0.1, -0.05) is 155 Å². The summed E-state index contributed by atoms with van der Waals surface area (Å²) in [7, 11) is -4.36. The Balaban J connectivity index is 4.18. The van der Waals surface area contributed by atoms with Gasteiger partial charge < -0.3 is 20.1 Å². The minimum absolute atomic E-state index is 0.0576. The third-order valence-electron chi connectivity index (χ3n) is 7.99. The molecule has 0 saturated carbocycles. The van der Waals surface area contributed by atoms with E-state index in [1.54, 1.807) is 0 Å². The van der Waals surface area contributed by atoms with Crippen LogP contribution in [-0.4, -0.2) is 49.3 Å². The van der Waals surface area contributed by atoms with Crippen molar-refractivity contribution in [2.75, 3.05) is 26.4 Å². The summed E-state index contributed by atoms with van der Waals surface area (Å²) >= 11 is 0. The smallest absolute Gasteiger partial charge is 0.462 e. The topological polar surface area (TPSA) is 134 Å². The van der Waals surface area contributed by atoms with Crippen molar-refractivity contribution in [2.45, 2.75) is 187 Å². The first-order valence-electron chi connectivity index (χ1n) is 18.5. The Morgan fingerprint density at radius 3 is 1.36 bits per heavy atom. The van der Waals surface area contributed by atoms with Crippen LogP contribution in [-0.2, 0) is 32.7 Å². The van der Waals surface area contributed by atoms with Gasteiger partial charge in [-0.15, -0.1) is 0 Å². The number of phosphoric acid groups is 1. The number of hydrogen-bond acceptors (Lipinski definition) is 8. The fourth-order valence-corrected chi connectivity index (χ4v) is 5.99. The molecule has 0 heterocycles. The molecule has 9 nitrogen and oxygen atoms in total. The minimum Gasteiger partial charge on any atom is -0.462 e. The maximum atomic E-state index is 12.5. The second-order valence-electron chi connectivity index (χ2n) is 12.5. The number of hydrogen-bond donors (Lipinski definition) is 2. The normalized spacial score (nSPS) is 13.4. The van der Waals surface area contributed by atoms with E-state index in [0.29, 0.717) is 6.42 Å². The Bertz CT molecular complexity index is 724. The van der Waals surface area contributed by atoms with Crippen molar-refractivity contribution in [3.8, 4) is 0 Å². The van der Waals surface area contributed by atoms with Crippen LogP contribution in [0.4, 0.5) is 0 Å². The Hall–Kier alpha value is -0.990. The van der Waals surface area contributed by atoms with E-state index in [0.717, 1.165) is 32.1 Å². The molecule has 2 unspecified atom stereocenters. The van der Waals surface area contributed by atoms with Gasteiger partial charge in [-0.2, -0.15) is 0 Å². The van der Waals surface area contributed by atoms with Gasteiger partial charge in [0.2, 0.25) is 0 Å². The van der Waals surface area contributed by atoms with Gasteiger partial charge >= 0.3 is 19.8 Å². The maximum Gasteiger partial charge on any atom is 0.472 e. The van der Waals surface area contributed by atoms with Crippen LogP contribution in [0.15, 0.2) is 0 Å². The van der Waals surface area contributed by atoms with Gasteiger partial charge in [0.05, 0.1) is 13.2 Å². The monoisotopic (exact) mass is 663 g/mol. The lowest BCUT2D eigenvalue weighted by atomic mass is 10.0. The largest absolute Gasteiger partial charge is 0.472 e. The van der Waals surface area contributed by atoms with Gasteiger partial charge in [-0.05, 0) is 12.8 Å². The predicted octanol–water partition coefficient (Wildman–Crippen LogP) is 9.72. The third kappa shape index (κ3) is 32.7. The van der Waals surface area contributed by atoms with Crippen molar-refractivity contribution in [3.05, 3.63) is 0 Å². The highest BCUT2D eigenvalue weighted by Crippen LogP contribution is 2.43. The molecular formula is C35H70NO8P. The van der Waals surface area contributed by atoms with Crippen molar-refractivity contribution in [2.24, 2.45) is 5.73 Å². The highest BCUT2D eigenvalue weighted by atomic mass is 31.2. The van der Waals surface area contributed by atoms with Crippen LogP contribution in [0.5, 0.6) is 0 Å². The molecule has 0 spiro atoms. The fraction of sp³-hybridized carbons (Fsp3) is 0.943. The molecule has 0 amide bonds. The highest BCUT2D eigenvalue weighted by molar-refractivity contribution is 7.47. The zero-order chi connectivity index (χ0) is 33.3. The summed E-state index contributed by atoms with van der Waals surface area (Å²) < 4.78 is 32.6. The van der Waals surface area contributed by atoms with Gasteiger partial charge in [0.15, 0.2) is 6.10 Å². The van der Waals surface area contributed by atoms with Crippen LogP contribution < -0.4 is 5.73 Å². The van der Waals surface area contributed by atoms with E-state index in [4.69, 9.17) is 24.3 Å². The molecule has 0 aliphatic rings. The molecule has 45 heavy (non-hydrogen) atoms. The molecule has 268 valence electrons. The van der Waals surface area contributed by atoms with Crippen molar-refractivity contribution in [3.63, 3.8) is 0 Å². The van der Waals surface area contributed by atoms with Crippen LogP contribution in [0, 0.1) is 0 Å². The van der Waals surface area contributed by atoms with E-state index < -0.39 is 26.5 Å². The third-order valence-corrected chi connectivity index (χ3v) is 8.98.